The fourth-order valence-corrected chi connectivity index (χ4v) is 1.99. The van der Waals surface area contributed by atoms with Gasteiger partial charge in [-0.15, -0.1) is 0 Å². The number of hydrogen-bond donors (Lipinski definition) is 1. The molecule has 1 aromatic rings. The number of benzene rings is 1. The van der Waals surface area contributed by atoms with Gasteiger partial charge in [-0.1, -0.05) is 12.1 Å². The Morgan fingerprint density at radius 1 is 1.47 bits per heavy atom. The van der Waals surface area contributed by atoms with Gasteiger partial charge in [0, 0.05) is 20.2 Å². The Labute approximate surface area is 102 Å². The second-order valence-electron chi connectivity index (χ2n) is 4.17. The maximum atomic E-state index is 12.2. The van der Waals surface area contributed by atoms with Gasteiger partial charge >= 0.3 is 0 Å². The van der Waals surface area contributed by atoms with Gasteiger partial charge in [0.15, 0.2) is 0 Å². The maximum absolute atomic E-state index is 12.2. The van der Waals surface area contributed by atoms with Gasteiger partial charge in [0.25, 0.3) is 5.91 Å². The predicted octanol–water partition coefficient (Wildman–Crippen LogP) is 1.87. The molecule has 0 aliphatic carbocycles. The summed E-state index contributed by atoms with van der Waals surface area (Å²) in [5, 5.41) is 3.33. The van der Waals surface area contributed by atoms with Crippen LogP contribution < -0.4 is 10.2 Å². The Morgan fingerprint density at radius 2 is 2.24 bits per heavy atom. The highest BCUT2D eigenvalue weighted by atomic mass is 16.5. The number of anilines is 2. The van der Waals surface area contributed by atoms with Crippen LogP contribution in [-0.4, -0.2) is 32.2 Å². The highest BCUT2D eigenvalue weighted by molar-refractivity contribution is 5.99. The van der Waals surface area contributed by atoms with E-state index in [0.29, 0.717) is 0 Å². The summed E-state index contributed by atoms with van der Waals surface area (Å²) in [4.78, 5) is 14.0. The standard InChI is InChI=1S/C13H18N2O2/c1-10(17-2)13(16)15-9-5-8-14-11-6-3-4-7-12(11)15/h3-4,6-7,10,14H,5,8-9H2,1-2H3. The highest BCUT2D eigenvalue weighted by Crippen LogP contribution is 2.28. The van der Waals surface area contributed by atoms with E-state index in [-0.39, 0.29) is 5.91 Å². The Balaban J connectivity index is 2.31. The van der Waals surface area contributed by atoms with E-state index in [0.717, 1.165) is 30.9 Å². The minimum atomic E-state index is -0.402. The monoisotopic (exact) mass is 234 g/mol. The van der Waals surface area contributed by atoms with Crippen molar-refractivity contribution in [3.8, 4) is 0 Å². The number of nitrogens with one attached hydrogen (secondary N) is 1. The van der Waals surface area contributed by atoms with Crippen molar-refractivity contribution in [1.82, 2.24) is 0 Å². The molecule has 1 heterocycles. The molecule has 0 fully saturated rings. The summed E-state index contributed by atoms with van der Waals surface area (Å²) in [5.74, 6) is 0.0173. The lowest BCUT2D eigenvalue weighted by Gasteiger charge is -2.24. The molecule has 1 aromatic carbocycles. The molecule has 1 aliphatic heterocycles. The maximum Gasteiger partial charge on any atom is 0.255 e. The van der Waals surface area contributed by atoms with E-state index in [9.17, 15) is 4.79 Å². The molecule has 1 N–H and O–H groups in total. The lowest BCUT2D eigenvalue weighted by atomic mass is 10.2. The summed E-state index contributed by atoms with van der Waals surface area (Å²) in [5.41, 5.74) is 1.96. The Bertz CT molecular complexity index is 406. The first-order valence-electron chi connectivity index (χ1n) is 5.91. The van der Waals surface area contributed by atoms with E-state index in [1.165, 1.54) is 0 Å². The fourth-order valence-electron chi connectivity index (χ4n) is 1.99. The number of nitrogens with zero attached hydrogens (tertiary/aromatic N) is 1. The summed E-state index contributed by atoms with van der Waals surface area (Å²) in [6.45, 7) is 3.40. The van der Waals surface area contributed by atoms with E-state index < -0.39 is 6.10 Å². The summed E-state index contributed by atoms with van der Waals surface area (Å²) in [7, 11) is 1.56. The molecule has 17 heavy (non-hydrogen) atoms. The predicted molar refractivity (Wildman–Crippen MR) is 68.4 cm³/mol. The van der Waals surface area contributed by atoms with Crippen LogP contribution in [0.2, 0.25) is 0 Å². The van der Waals surface area contributed by atoms with Crippen molar-refractivity contribution in [2.75, 3.05) is 30.4 Å². The van der Waals surface area contributed by atoms with Gasteiger partial charge in [0.05, 0.1) is 11.4 Å². The number of amides is 1. The van der Waals surface area contributed by atoms with Crippen LogP contribution in [0.5, 0.6) is 0 Å². The van der Waals surface area contributed by atoms with Crippen LogP contribution in [0.4, 0.5) is 11.4 Å². The zero-order chi connectivity index (χ0) is 12.3. The molecule has 1 atom stereocenters. The van der Waals surface area contributed by atoms with Crippen molar-refractivity contribution in [3.05, 3.63) is 24.3 Å². The first kappa shape index (κ1) is 11.9. The van der Waals surface area contributed by atoms with Crippen LogP contribution in [0.1, 0.15) is 13.3 Å². The van der Waals surface area contributed by atoms with Gasteiger partial charge < -0.3 is 15.0 Å². The minimum Gasteiger partial charge on any atom is -0.383 e. The third kappa shape index (κ3) is 2.42. The molecule has 0 saturated carbocycles. The molecular weight excluding hydrogens is 216 g/mol. The van der Waals surface area contributed by atoms with E-state index in [1.54, 1.807) is 14.0 Å². The average Bonchev–Trinajstić information content (AvgIpc) is 2.59. The summed E-state index contributed by atoms with van der Waals surface area (Å²) in [6.07, 6.45) is 0.540. The van der Waals surface area contributed by atoms with E-state index in [4.69, 9.17) is 4.74 Å². The van der Waals surface area contributed by atoms with E-state index in [2.05, 4.69) is 5.32 Å². The molecule has 0 saturated heterocycles. The number of ether oxygens (including phenoxy) is 1. The van der Waals surface area contributed by atoms with Crippen LogP contribution in [0, 0.1) is 0 Å². The van der Waals surface area contributed by atoms with Gasteiger partial charge in [0.2, 0.25) is 0 Å². The van der Waals surface area contributed by atoms with Crippen LogP contribution in [-0.2, 0) is 9.53 Å². The summed E-state index contributed by atoms with van der Waals surface area (Å²) < 4.78 is 5.11. The molecule has 2 rings (SSSR count). The third-order valence-electron chi connectivity index (χ3n) is 3.04. The zero-order valence-electron chi connectivity index (χ0n) is 10.3. The summed E-state index contributed by atoms with van der Waals surface area (Å²) >= 11 is 0. The number of carbonyl (C=O) groups is 1. The molecule has 4 heteroatoms. The Kier molecular flexibility index (Phi) is 3.64. The zero-order valence-corrected chi connectivity index (χ0v) is 10.3. The van der Waals surface area contributed by atoms with Crippen molar-refractivity contribution in [2.24, 2.45) is 0 Å². The highest BCUT2D eigenvalue weighted by Gasteiger charge is 2.24. The first-order chi connectivity index (χ1) is 8.24. The van der Waals surface area contributed by atoms with Crippen LogP contribution in [0.3, 0.4) is 0 Å². The quantitative estimate of drug-likeness (QED) is 0.849. The molecule has 1 unspecified atom stereocenters. The Hall–Kier alpha value is -1.55. The molecule has 0 radical (unpaired) electrons. The van der Waals surface area contributed by atoms with Gasteiger partial charge in [-0.3, -0.25) is 4.79 Å². The molecule has 4 nitrogen and oxygen atoms in total. The Morgan fingerprint density at radius 3 is 3.00 bits per heavy atom. The number of rotatable bonds is 2. The van der Waals surface area contributed by atoms with Crippen LogP contribution in [0.15, 0.2) is 24.3 Å². The SMILES string of the molecule is COC(C)C(=O)N1CCCNc2ccccc21. The third-order valence-corrected chi connectivity index (χ3v) is 3.04. The molecule has 0 bridgehead atoms. The number of carbonyl (C=O) groups excluding carboxylic acids is 1. The molecule has 1 amide bonds. The van der Waals surface area contributed by atoms with Crippen molar-refractivity contribution < 1.29 is 9.53 Å². The number of methoxy groups -OCH3 is 1. The van der Waals surface area contributed by atoms with E-state index >= 15 is 0 Å². The number of fused-ring (bicyclic) bond motifs is 1. The second-order valence-corrected chi connectivity index (χ2v) is 4.17. The first-order valence-corrected chi connectivity index (χ1v) is 5.91. The fraction of sp³-hybridized carbons (Fsp3) is 0.462. The number of hydrogen-bond acceptors (Lipinski definition) is 3. The van der Waals surface area contributed by atoms with Gasteiger partial charge in [0.1, 0.15) is 6.10 Å². The van der Waals surface area contributed by atoms with Crippen LogP contribution in [0.25, 0.3) is 0 Å². The normalized spacial score (nSPS) is 16.7. The number of para-hydroxylation sites is 2. The molecule has 0 spiro atoms. The van der Waals surface area contributed by atoms with E-state index in [1.807, 2.05) is 29.2 Å². The van der Waals surface area contributed by atoms with Gasteiger partial charge in [-0.25, -0.2) is 0 Å². The smallest absolute Gasteiger partial charge is 0.255 e. The lowest BCUT2D eigenvalue weighted by molar-refractivity contribution is -0.127. The largest absolute Gasteiger partial charge is 0.383 e. The van der Waals surface area contributed by atoms with Gasteiger partial charge in [-0.05, 0) is 25.5 Å². The molecule has 0 aromatic heterocycles. The van der Waals surface area contributed by atoms with Crippen molar-refractivity contribution in [1.29, 1.82) is 0 Å². The average molecular weight is 234 g/mol. The minimum absolute atomic E-state index is 0.0173. The van der Waals surface area contributed by atoms with Crippen molar-refractivity contribution in [3.63, 3.8) is 0 Å². The lowest BCUT2D eigenvalue weighted by Crippen LogP contribution is -2.39. The molecule has 92 valence electrons. The van der Waals surface area contributed by atoms with Crippen LogP contribution >= 0.6 is 0 Å². The van der Waals surface area contributed by atoms with Gasteiger partial charge in [-0.2, -0.15) is 0 Å². The summed E-state index contributed by atoms with van der Waals surface area (Å²) in [6, 6.07) is 7.88. The topological polar surface area (TPSA) is 41.6 Å². The van der Waals surface area contributed by atoms with Crippen molar-refractivity contribution >= 4 is 17.3 Å². The molecular formula is C13H18N2O2. The van der Waals surface area contributed by atoms with Crippen molar-refractivity contribution in [2.45, 2.75) is 19.4 Å². The second kappa shape index (κ2) is 5.19. The molecule has 1 aliphatic rings.